The summed E-state index contributed by atoms with van der Waals surface area (Å²) in [6.45, 7) is 0. The van der Waals surface area contributed by atoms with Crippen LogP contribution in [0.25, 0.3) is 0 Å². The largest absolute Gasteiger partial charge is 0.497 e. The predicted molar refractivity (Wildman–Crippen MR) is 60.9 cm³/mol. The molecule has 0 radical (unpaired) electrons. The average Bonchev–Trinajstić information content (AvgIpc) is 2.05. The Bertz CT molecular complexity index is 225. The Morgan fingerprint density at radius 3 is 2.00 bits per heavy atom. The predicted octanol–water partition coefficient (Wildman–Crippen LogP) is 3.02. The quantitative estimate of drug-likeness (QED) is 0.782. The normalized spacial score (nSPS) is 7.75. The first-order valence-electron chi connectivity index (χ1n) is 2.78. The molecular formula is C7H9Cl2IO2. The molecular weight excluding hydrogens is 314 g/mol. The molecule has 0 heterocycles. The van der Waals surface area contributed by atoms with E-state index in [1.54, 1.807) is 7.11 Å². The Labute approximate surface area is 94.2 Å². The minimum atomic E-state index is -1.01. The summed E-state index contributed by atoms with van der Waals surface area (Å²) in [5.74, 6) is 0.807. The zero-order valence-electron chi connectivity index (χ0n) is 6.32. The van der Waals surface area contributed by atoms with Crippen molar-refractivity contribution in [2.24, 2.45) is 0 Å². The number of halogens is 3. The van der Waals surface area contributed by atoms with Crippen LogP contribution >= 0.6 is 46.0 Å². The van der Waals surface area contributed by atoms with Gasteiger partial charge in [-0.3, -0.25) is 3.07 Å². The summed E-state index contributed by atoms with van der Waals surface area (Å²) in [7, 11) is 1.61. The first-order chi connectivity index (χ1) is 4.86. The molecule has 70 valence electrons. The molecule has 12 heavy (non-hydrogen) atoms. The lowest BCUT2D eigenvalue weighted by molar-refractivity contribution is 0.414. The average molecular weight is 323 g/mol. The van der Waals surface area contributed by atoms with Crippen molar-refractivity contribution >= 4 is 46.0 Å². The second-order valence-corrected chi connectivity index (χ2v) is 3.42. The summed E-state index contributed by atoms with van der Waals surface area (Å²) < 4.78 is 16.2. The van der Waals surface area contributed by atoms with Gasteiger partial charge < -0.3 is 4.74 Å². The van der Waals surface area contributed by atoms with Crippen LogP contribution < -0.4 is 4.74 Å². The first kappa shape index (κ1) is 14.6. The number of rotatable bonds is 2. The monoisotopic (exact) mass is 322 g/mol. The Morgan fingerprint density at radius 2 is 1.67 bits per heavy atom. The highest BCUT2D eigenvalue weighted by molar-refractivity contribution is 14.1. The Balaban J connectivity index is 0. The first-order valence-corrected chi connectivity index (χ1v) is 4.74. The zero-order chi connectivity index (χ0) is 7.40. The van der Waals surface area contributed by atoms with Crippen LogP contribution in [-0.4, -0.2) is 7.11 Å². The molecule has 0 aliphatic carbocycles. The van der Waals surface area contributed by atoms with Crippen LogP contribution in [0.4, 0.5) is 0 Å². The van der Waals surface area contributed by atoms with Crippen molar-refractivity contribution in [3.05, 3.63) is 27.8 Å². The van der Waals surface area contributed by atoms with Crippen molar-refractivity contribution in [1.29, 1.82) is 0 Å². The van der Waals surface area contributed by atoms with E-state index in [4.69, 9.17) is 4.74 Å². The summed E-state index contributed by atoms with van der Waals surface area (Å²) >= 11 is -1.01. The molecule has 2 nitrogen and oxygen atoms in total. The summed E-state index contributed by atoms with van der Waals surface area (Å²) in [6, 6.07) is 7.26. The molecule has 0 fully saturated rings. The highest BCUT2D eigenvalue weighted by atomic mass is 127. The van der Waals surface area contributed by atoms with E-state index in [1.165, 1.54) is 0 Å². The van der Waals surface area contributed by atoms with Crippen LogP contribution in [0.5, 0.6) is 5.75 Å². The van der Waals surface area contributed by atoms with E-state index >= 15 is 0 Å². The van der Waals surface area contributed by atoms with Gasteiger partial charge in [0.1, 0.15) is 5.75 Å². The molecule has 0 aliphatic heterocycles. The lowest BCUT2D eigenvalue weighted by Gasteiger charge is -1.96. The summed E-state index contributed by atoms with van der Waals surface area (Å²) in [5, 5.41) is 0. The Kier molecular flexibility index (Phi) is 9.47. The van der Waals surface area contributed by atoms with Gasteiger partial charge in [0.15, 0.2) is 21.2 Å². The van der Waals surface area contributed by atoms with Gasteiger partial charge in [-0.1, -0.05) is 0 Å². The fourth-order valence-electron chi connectivity index (χ4n) is 0.622. The standard InChI is InChI=1S/C7H7IO2.2ClH/c1-10-7-4-2-6(8-9)3-5-7;;/h2-5H,1H3;2*1H. The van der Waals surface area contributed by atoms with Gasteiger partial charge in [0, 0.05) is 3.57 Å². The molecule has 1 rings (SSSR count). The molecule has 0 atom stereocenters. The zero-order valence-corrected chi connectivity index (χ0v) is 10.1. The minimum absolute atomic E-state index is 0. The topological polar surface area (TPSA) is 26.3 Å². The third kappa shape index (κ3) is 4.23. The van der Waals surface area contributed by atoms with E-state index in [0.29, 0.717) is 0 Å². The van der Waals surface area contributed by atoms with E-state index in [9.17, 15) is 3.07 Å². The van der Waals surface area contributed by atoms with Gasteiger partial charge in [-0.2, -0.15) is 0 Å². The van der Waals surface area contributed by atoms with Crippen LogP contribution in [0.2, 0.25) is 0 Å². The molecule has 0 saturated carbocycles. The van der Waals surface area contributed by atoms with Gasteiger partial charge in [-0.15, -0.1) is 24.8 Å². The number of methoxy groups -OCH3 is 1. The highest BCUT2D eigenvalue weighted by Gasteiger charge is 1.90. The van der Waals surface area contributed by atoms with Crippen LogP contribution in [0.1, 0.15) is 0 Å². The van der Waals surface area contributed by atoms with Crippen molar-refractivity contribution < 1.29 is 7.81 Å². The summed E-state index contributed by atoms with van der Waals surface area (Å²) in [4.78, 5) is 0. The Hall–Kier alpha value is 0.130. The van der Waals surface area contributed by atoms with Crippen molar-refractivity contribution in [1.82, 2.24) is 0 Å². The van der Waals surface area contributed by atoms with Gasteiger partial charge in [-0.05, 0) is 24.3 Å². The highest BCUT2D eigenvalue weighted by Crippen LogP contribution is 2.14. The fraction of sp³-hybridized carbons (Fsp3) is 0.143. The van der Waals surface area contributed by atoms with Crippen molar-refractivity contribution in [3.63, 3.8) is 0 Å². The second-order valence-electron chi connectivity index (χ2n) is 1.74. The molecule has 5 heteroatoms. The molecule has 0 aromatic heterocycles. The van der Waals surface area contributed by atoms with Gasteiger partial charge in [-0.25, -0.2) is 0 Å². The van der Waals surface area contributed by atoms with Crippen LogP contribution in [0.3, 0.4) is 0 Å². The van der Waals surface area contributed by atoms with E-state index in [2.05, 4.69) is 0 Å². The molecule has 0 unspecified atom stereocenters. The van der Waals surface area contributed by atoms with Gasteiger partial charge >= 0.3 is 0 Å². The summed E-state index contributed by atoms with van der Waals surface area (Å²) in [6.07, 6.45) is 0. The lowest BCUT2D eigenvalue weighted by atomic mass is 10.3. The molecule has 0 N–H and O–H groups in total. The number of hydrogen-bond acceptors (Lipinski definition) is 2. The van der Waals surface area contributed by atoms with E-state index in [0.717, 1.165) is 9.32 Å². The van der Waals surface area contributed by atoms with Crippen molar-refractivity contribution in [3.8, 4) is 5.75 Å². The molecule has 0 bridgehead atoms. The second kappa shape index (κ2) is 7.76. The minimum Gasteiger partial charge on any atom is -0.497 e. The smallest absolute Gasteiger partial charge is 0.182 e. The molecule has 0 spiro atoms. The maximum absolute atomic E-state index is 10.4. The van der Waals surface area contributed by atoms with Crippen molar-refractivity contribution in [2.75, 3.05) is 7.11 Å². The third-order valence-corrected chi connectivity index (χ3v) is 2.37. The maximum Gasteiger partial charge on any atom is 0.182 e. The van der Waals surface area contributed by atoms with E-state index in [1.807, 2.05) is 24.3 Å². The van der Waals surface area contributed by atoms with Crippen LogP contribution in [0, 0.1) is 3.57 Å². The van der Waals surface area contributed by atoms with E-state index < -0.39 is 21.2 Å². The summed E-state index contributed by atoms with van der Waals surface area (Å²) in [5.41, 5.74) is 0. The van der Waals surface area contributed by atoms with Crippen molar-refractivity contribution in [2.45, 2.75) is 0 Å². The third-order valence-electron chi connectivity index (χ3n) is 1.14. The molecule has 1 aromatic carbocycles. The number of benzene rings is 1. The van der Waals surface area contributed by atoms with Gasteiger partial charge in [0.05, 0.1) is 7.11 Å². The molecule has 0 amide bonds. The Morgan fingerprint density at radius 1 is 1.17 bits per heavy atom. The van der Waals surface area contributed by atoms with Gasteiger partial charge in [0.2, 0.25) is 0 Å². The van der Waals surface area contributed by atoms with Crippen LogP contribution in [0.15, 0.2) is 24.3 Å². The van der Waals surface area contributed by atoms with E-state index in [-0.39, 0.29) is 24.8 Å². The molecule has 0 saturated heterocycles. The fourth-order valence-corrected chi connectivity index (χ4v) is 1.28. The number of ether oxygens (including phenoxy) is 1. The molecule has 1 aromatic rings. The van der Waals surface area contributed by atoms with Gasteiger partial charge in [0.25, 0.3) is 0 Å². The SMILES string of the molecule is COc1ccc(I=O)cc1.Cl.Cl. The molecule has 0 aliphatic rings. The lowest BCUT2D eigenvalue weighted by Crippen LogP contribution is -1.80. The van der Waals surface area contributed by atoms with Crippen LogP contribution in [-0.2, 0) is 3.07 Å². The maximum atomic E-state index is 10.4. The number of hydrogen-bond donors (Lipinski definition) is 0.